The van der Waals surface area contributed by atoms with Gasteiger partial charge in [-0.15, -0.1) is 0 Å². The summed E-state index contributed by atoms with van der Waals surface area (Å²) in [5, 5.41) is 20.8. The van der Waals surface area contributed by atoms with Crippen LogP contribution < -0.4 is 5.32 Å². The van der Waals surface area contributed by atoms with Crippen LogP contribution in [-0.2, 0) is 0 Å². The van der Waals surface area contributed by atoms with Gasteiger partial charge in [-0.3, -0.25) is 4.79 Å². The van der Waals surface area contributed by atoms with Gasteiger partial charge >= 0.3 is 0 Å². The van der Waals surface area contributed by atoms with Crippen molar-refractivity contribution in [1.29, 1.82) is 10.5 Å². The molecule has 22 heavy (non-hydrogen) atoms. The third-order valence-electron chi connectivity index (χ3n) is 3.30. The van der Waals surface area contributed by atoms with E-state index >= 15 is 0 Å². The van der Waals surface area contributed by atoms with Crippen molar-refractivity contribution in [2.24, 2.45) is 5.92 Å². The van der Waals surface area contributed by atoms with E-state index in [-0.39, 0.29) is 11.8 Å². The summed E-state index contributed by atoms with van der Waals surface area (Å²) in [5.74, 6) is -0.493. The highest BCUT2D eigenvalue weighted by molar-refractivity contribution is 6.01. The Morgan fingerprint density at radius 1 is 1.09 bits per heavy atom. The van der Waals surface area contributed by atoms with Crippen molar-refractivity contribution in [2.45, 2.75) is 6.92 Å². The quantitative estimate of drug-likeness (QED) is 0.939. The van der Waals surface area contributed by atoms with Gasteiger partial charge in [0.05, 0.1) is 23.6 Å². The first-order chi connectivity index (χ1) is 10.7. The standard InChI is InChI=1S/C18H15N3O/c1-13(10-19)12-21-18(22)17-9-5-4-8-16(17)15-7-3-2-6-14(15)11-20/h2-9,13H,12H2,1H3,(H,21,22)/t13-/m1/s1. The molecule has 0 heterocycles. The molecular weight excluding hydrogens is 274 g/mol. The highest BCUT2D eigenvalue weighted by Gasteiger charge is 2.15. The van der Waals surface area contributed by atoms with Crippen LogP contribution in [0.25, 0.3) is 11.1 Å². The fraction of sp³-hybridized carbons (Fsp3) is 0.167. The summed E-state index contributed by atoms with van der Waals surface area (Å²) in [6.45, 7) is 2.04. The Balaban J connectivity index is 2.38. The Hall–Kier alpha value is -3.11. The number of carbonyl (C=O) groups excluding carboxylic acids is 1. The van der Waals surface area contributed by atoms with Crippen LogP contribution >= 0.6 is 0 Å². The van der Waals surface area contributed by atoms with E-state index < -0.39 is 0 Å². The van der Waals surface area contributed by atoms with Crippen molar-refractivity contribution < 1.29 is 4.79 Å². The van der Waals surface area contributed by atoms with Gasteiger partial charge in [0.25, 0.3) is 5.91 Å². The lowest BCUT2D eigenvalue weighted by Gasteiger charge is -2.12. The normalized spacial score (nSPS) is 11.0. The first-order valence-electron chi connectivity index (χ1n) is 6.93. The number of amides is 1. The highest BCUT2D eigenvalue weighted by atomic mass is 16.1. The topological polar surface area (TPSA) is 76.7 Å². The zero-order valence-corrected chi connectivity index (χ0v) is 12.2. The van der Waals surface area contributed by atoms with Crippen LogP contribution in [0, 0.1) is 28.6 Å². The number of hydrogen-bond acceptors (Lipinski definition) is 3. The minimum Gasteiger partial charge on any atom is -0.351 e. The number of nitrogens with one attached hydrogen (secondary N) is 1. The molecule has 0 aliphatic rings. The number of nitriles is 2. The second-order valence-electron chi connectivity index (χ2n) is 4.94. The fourth-order valence-corrected chi connectivity index (χ4v) is 2.12. The molecule has 0 radical (unpaired) electrons. The van der Waals surface area contributed by atoms with E-state index in [9.17, 15) is 10.1 Å². The zero-order valence-electron chi connectivity index (χ0n) is 12.2. The predicted octanol–water partition coefficient (Wildman–Crippen LogP) is 3.11. The molecule has 1 amide bonds. The van der Waals surface area contributed by atoms with Gasteiger partial charge in [0.15, 0.2) is 0 Å². The Labute approximate surface area is 129 Å². The third kappa shape index (κ3) is 3.31. The first kappa shape index (κ1) is 15.3. The van der Waals surface area contributed by atoms with Crippen LogP contribution in [0.15, 0.2) is 48.5 Å². The third-order valence-corrected chi connectivity index (χ3v) is 3.30. The van der Waals surface area contributed by atoms with Gasteiger partial charge in [-0.05, 0) is 24.6 Å². The Morgan fingerprint density at radius 3 is 2.41 bits per heavy atom. The summed E-state index contributed by atoms with van der Waals surface area (Å²) < 4.78 is 0. The van der Waals surface area contributed by atoms with Gasteiger partial charge in [0.1, 0.15) is 0 Å². The molecule has 0 fully saturated rings. The molecule has 0 spiro atoms. The van der Waals surface area contributed by atoms with Crippen LogP contribution in [-0.4, -0.2) is 12.5 Å². The van der Waals surface area contributed by atoms with Crippen LogP contribution in [0.4, 0.5) is 0 Å². The second kappa shape index (κ2) is 7.06. The molecule has 2 aromatic rings. The molecule has 1 N–H and O–H groups in total. The molecule has 0 saturated heterocycles. The molecule has 2 rings (SSSR count). The Bertz CT molecular complexity index is 768. The summed E-state index contributed by atoms with van der Waals surface area (Å²) in [4.78, 5) is 12.4. The molecule has 0 bridgehead atoms. The smallest absolute Gasteiger partial charge is 0.251 e. The minimum atomic E-state index is -0.248. The van der Waals surface area contributed by atoms with Gasteiger partial charge in [-0.1, -0.05) is 36.4 Å². The van der Waals surface area contributed by atoms with Gasteiger partial charge < -0.3 is 5.32 Å². The van der Waals surface area contributed by atoms with E-state index in [1.807, 2.05) is 24.3 Å². The maximum absolute atomic E-state index is 12.4. The monoisotopic (exact) mass is 289 g/mol. The van der Waals surface area contributed by atoms with Crippen molar-refractivity contribution >= 4 is 5.91 Å². The molecule has 4 nitrogen and oxygen atoms in total. The maximum atomic E-state index is 12.4. The van der Waals surface area contributed by atoms with Crippen LogP contribution in [0.1, 0.15) is 22.8 Å². The summed E-state index contributed by atoms with van der Waals surface area (Å²) >= 11 is 0. The van der Waals surface area contributed by atoms with E-state index in [0.717, 1.165) is 5.56 Å². The van der Waals surface area contributed by atoms with Gasteiger partial charge in [-0.25, -0.2) is 0 Å². The molecule has 0 unspecified atom stereocenters. The number of nitrogens with zero attached hydrogens (tertiary/aromatic N) is 2. The summed E-state index contributed by atoms with van der Waals surface area (Å²) in [6.07, 6.45) is 0. The van der Waals surface area contributed by atoms with Crippen molar-refractivity contribution in [3.63, 3.8) is 0 Å². The van der Waals surface area contributed by atoms with Crippen molar-refractivity contribution in [1.82, 2.24) is 5.32 Å². The lowest BCUT2D eigenvalue weighted by atomic mass is 9.95. The number of hydrogen-bond donors (Lipinski definition) is 1. The van der Waals surface area contributed by atoms with E-state index in [2.05, 4.69) is 17.5 Å². The van der Waals surface area contributed by atoms with Gasteiger partial charge in [-0.2, -0.15) is 10.5 Å². The average Bonchev–Trinajstić information content (AvgIpc) is 2.59. The fourth-order valence-electron chi connectivity index (χ4n) is 2.12. The predicted molar refractivity (Wildman–Crippen MR) is 83.7 cm³/mol. The molecular formula is C18H15N3O. The lowest BCUT2D eigenvalue weighted by Crippen LogP contribution is -2.28. The zero-order chi connectivity index (χ0) is 15.9. The molecule has 0 aromatic heterocycles. The molecule has 0 aliphatic carbocycles. The molecule has 108 valence electrons. The van der Waals surface area contributed by atoms with Crippen molar-refractivity contribution in [3.8, 4) is 23.3 Å². The molecule has 0 aliphatic heterocycles. The van der Waals surface area contributed by atoms with E-state index in [4.69, 9.17) is 5.26 Å². The van der Waals surface area contributed by atoms with Crippen LogP contribution in [0.3, 0.4) is 0 Å². The maximum Gasteiger partial charge on any atom is 0.251 e. The molecule has 1 atom stereocenters. The number of benzene rings is 2. The largest absolute Gasteiger partial charge is 0.351 e. The Morgan fingerprint density at radius 2 is 1.73 bits per heavy atom. The molecule has 0 saturated carbocycles. The highest BCUT2D eigenvalue weighted by Crippen LogP contribution is 2.26. The molecule has 4 heteroatoms. The van der Waals surface area contributed by atoms with Crippen LogP contribution in [0.5, 0.6) is 0 Å². The number of carbonyl (C=O) groups is 1. The second-order valence-corrected chi connectivity index (χ2v) is 4.94. The van der Waals surface area contributed by atoms with Crippen molar-refractivity contribution in [2.75, 3.05) is 6.54 Å². The first-order valence-corrected chi connectivity index (χ1v) is 6.93. The SMILES string of the molecule is C[C@H](C#N)CNC(=O)c1ccccc1-c1ccccc1C#N. The lowest BCUT2D eigenvalue weighted by molar-refractivity contribution is 0.0951. The van der Waals surface area contributed by atoms with Crippen LogP contribution in [0.2, 0.25) is 0 Å². The Kier molecular flexibility index (Phi) is 4.90. The summed E-state index contributed by atoms with van der Waals surface area (Å²) in [7, 11) is 0. The molecule has 2 aromatic carbocycles. The summed E-state index contributed by atoms with van der Waals surface area (Å²) in [6, 6.07) is 18.5. The van der Waals surface area contributed by atoms with E-state index in [0.29, 0.717) is 23.2 Å². The summed E-state index contributed by atoms with van der Waals surface area (Å²) in [5.41, 5.74) is 2.45. The van der Waals surface area contributed by atoms with E-state index in [1.54, 1.807) is 31.2 Å². The minimum absolute atomic E-state index is 0.245. The van der Waals surface area contributed by atoms with E-state index in [1.165, 1.54) is 0 Å². The van der Waals surface area contributed by atoms with Crippen molar-refractivity contribution in [3.05, 3.63) is 59.7 Å². The van der Waals surface area contributed by atoms with Gasteiger partial charge in [0.2, 0.25) is 0 Å². The number of rotatable bonds is 4. The average molecular weight is 289 g/mol. The van der Waals surface area contributed by atoms with Gasteiger partial charge in [0, 0.05) is 17.7 Å².